The fourth-order valence-corrected chi connectivity index (χ4v) is 2.96. The molecule has 6 heteroatoms. The molecule has 0 saturated carbocycles. The second kappa shape index (κ2) is 5.21. The molecule has 0 atom stereocenters. The highest BCUT2D eigenvalue weighted by atomic mass is 32.1. The van der Waals surface area contributed by atoms with Gasteiger partial charge in [0.2, 0.25) is 0 Å². The third-order valence-corrected chi connectivity index (χ3v) is 3.95. The maximum atomic E-state index is 5.91. The third-order valence-electron chi connectivity index (χ3n) is 3.10. The van der Waals surface area contributed by atoms with Crippen LogP contribution in [0, 0.1) is 0 Å². The molecular formula is C15H17N5S. The van der Waals surface area contributed by atoms with Crippen molar-refractivity contribution in [3.05, 3.63) is 30.5 Å². The SMILES string of the molecule is CC(C)Nc1cc(-c2ccc3nc(N)sc3c2)cnc1N. The van der Waals surface area contributed by atoms with Gasteiger partial charge in [-0.1, -0.05) is 17.4 Å². The molecule has 0 spiro atoms. The minimum atomic E-state index is 0.299. The van der Waals surface area contributed by atoms with Gasteiger partial charge in [-0.05, 0) is 37.6 Å². The molecular weight excluding hydrogens is 282 g/mol. The first-order chi connectivity index (χ1) is 10.0. The topological polar surface area (TPSA) is 89.8 Å². The van der Waals surface area contributed by atoms with Gasteiger partial charge in [0.05, 0.1) is 15.9 Å². The Hall–Kier alpha value is -2.34. The number of aromatic nitrogens is 2. The maximum absolute atomic E-state index is 5.91. The first-order valence-electron chi connectivity index (χ1n) is 6.71. The van der Waals surface area contributed by atoms with Gasteiger partial charge in [-0.3, -0.25) is 0 Å². The quantitative estimate of drug-likeness (QED) is 0.690. The van der Waals surface area contributed by atoms with Crippen molar-refractivity contribution in [1.82, 2.24) is 9.97 Å². The highest BCUT2D eigenvalue weighted by Gasteiger charge is 2.08. The second-order valence-corrected chi connectivity index (χ2v) is 6.25. The van der Waals surface area contributed by atoms with Crippen LogP contribution in [0.4, 0.5) is 16.6 Å². The summed E-state index contributed by atoms with van der Waals surface area (Å²) in [4.78, 5) is 8.54. The first kappa shape index (κ1) is 13.6. The van der Waals surface area contributed by atoms with Crippen molar-refractivity contribution in [2.24, 2.45) is 0 Å². The standard InChI is InChI=1S/C15H17N5S/c1-8(2)19-12-5-10(7-18-14(12)16)9-3-4-11-13(6-9)21-15(17)20-11/h3-8,19H,1-2H3,(H2,16,18)(H2,17,20). The van der Waals surface area contributed by atoms with E-state index in [9.17, 15) is 0 Å². The molecule has 0 fully saturated rings. The predicted octanol–water partition coefficient (Wildman–Crippen LogP) is 3.34. The van der Waals surface area contributed by atoms with Crippen molar-refractivity contribution in [1.29, 1.82) is 0 Å². The summed E-state index contributed by atoms with van der Waals surface area (Å²) in [6.45, 7) is 4.14. The van der Waals surface area contributed by atoms with E-state index in [1.165, 1.54) is 11.3 Å². The van der Waals surface area contributed by atoms with Crippen molar-refractivity contribution in [3.63, 3.8) is 0 Å². The number of hydrogen-bond donors (Lipinski definition) is 3. The molecule has 0 aliphatic heterocycles. The van der Waals surface area contributed by atoms with E-state index in [1.54, 1.807) is 6.20 Å². The van der Waals surface area contributed by atoms with Gasteiger partial charge in [0, 0.05) is 17.8 Å². The molecule has 3 aromatic rings. The Balaban J connectivity index is 2.04. The van der Waals surface area contributed by atoms with Crippen molar-refractivity contribution in [2.45, 2.75) is 19.9 Å². The molecule has 5 N–H and O–H groups in total. The molecule has 108 valence electrons. The highest BCUT2D eigenvalue weighted by molar-refractivity contribution is 7.22. The smallest absolute Gasteiger partial charge is 0.181 e. The van der Waals surface area contributed by atoms with E-state index in [1.807, 2.05) is 18.2 Å². The lowest BCUT2D eigenvalue weighted by atomic mass is 10.1. The van der Waals surface area contributed by atoms with Gasteiger partial charge in [0.25, 0.3) is 0 Å². The highest BCUT2D eigenvalue weighted by Crippen LogP contribution is 2.31. The largest absolute Gasteiger partial charge is 0.382 e. The van der Waals surface area contributed by atoms with Crippen molar-refractivity contribution >= 4 is 38.2 Å². The van der Waals surface area contributed by atoms with Gasteiger partial charge < -0.3 is 16.8 Å². The van der Waals surface area contributed by atoms with E-state index in [0.29, 0.717) is 17.0 Å². The molecule has 0 unspecified atom stereocenters. The first-order valence-corrected chi connectivity index (χ1v) is 7.53. The summed E-state index contributed by atoms with van der Waals surface area (Å²) >= 11 is 1.48. The van der Waals surface area contributed by atoms with Crippen molar-refractivity contribution < 1.29 is 0 Å². The average molecular weight is 299 g/mol. The van der Waals surface area contributed by atoms with Crippen molar-refractivity contribution in [3.8, 4) is 11.1 Å². The van der Waals surface area contributed by atoms with Gasteiger partial charge in [-0.25, -0.2) is 9.97 Å². The van der Waals surface area contributed by atoms with Crippen LogP contribution >= 0.6 is 11.3 Å². The monoisotopic (exact) mass is 299 g/mol. The molecule has 0 aliphatic rings. The molecule has 0 aliphatic carbocycles. The number of hydrogen-bond acceptors (Lipinski definition) is 6. The van der Waals surface area contributed by atoms with Crippen LogP contribution in [0.5, 0.6) is 0 Å². The Morgan fingerprint density at radius 1 is 1.14 bits per heavy atom. The molecule has 0 amide bonds. The van der Waals surface area contributed by atoms with Crippen LogP contribution in [0.25, 0.3) is 21.3 Å². The fourth-order valence-electron chi connectivity index (χ4n) is 2.18. The number of anilines is 3. The van der Waals surface area contributed by atoms with Gasteiger partial charge in [0.15, 0.2) is 5.13 Å². The number of rotatable bonds is 3. The molecule has 2 aromatic heterocycles. The Kier molecular flexibility index (Phi) is 3.39. The lowest BCUT2D eigenvalue weighted by Gasteiger charge is -2.13. The van der Waals surface area contributed by atoms with Gasteiger partial charge in [-0.2, -0.15) is 0 Å². The third kappa shape index (κ3) is 2.75. The minimum absolute atomic E-state index is 0.299. The molecule has 2 heterocycles. The van der Waals surface area contributed by atoms with Crippen LogP contribution in [-0.2, 0) is 0 Å². The molecule has 0 saturated heterocycles. The Bertz CT molecular complexity index is 794. The van der Waals surface area contributed by atoms with Crippen LogP contribution in [0.3, 0.4) is 0 Å². The lowest BCUT2D eigenvalue weighted by molar-refractivity contribution is 0.899. The lowest BCUT2D eigenvalue weighted by Crippen LogP contribution is -2.12. The minimum Gasteiger partial charge on any atom is -0.382 e. The number of nitrogens with one attached hydrogen (secondary N) is 1. The van der Waals surface area contributed by atoms with E-state index in [-0.39, 0.29) is 0 Å². The predicted molar refractivity (Wildman–Crippen MR) is 90.4 cm³/mol. The number of thiazole rings is 1. The number of nitrogens with two attached hydrogens (primary N) is 2. The Morgan fingerprint density at radius 2 is 1.95 bits per heavy atom. The van der Waals surface area contributed by atoms with E-state index in [0.717, 1.165) is 27.0 Å². The molecule has 3 rings (SSSR count). The van der Waals surface area contributed by atoms with Crippen LogP contribution in [0.2, 0.25) is 0 Å². The van der Waals surface area contributed by atoms with E-state index in [4.69, 9.17) is 11.5 Å². The molecule has 0 bridgehead atoms. The van der Waals surface area contributed by atoms with E-state index in [2.05, 4.69) is 35.2 Å². The zero-order valence-corrected chi connectivity index (χ0v) is 12.7. The summed E-state index contributed by atoms with van der Waals surface area (Å²) in [5, 5.41) is 3.89. The summed E-state index contributed by atoms with van der Waals surface area (Å²) in [6.07, 6.45) is 1.78. The summed E-state index contributed by atoms with van der Waals surface area (Å²) in [7, 11) is 0. The van der Waals surface area contributed by atoms with Crippen molar-refractivity contribution in [2.75, 3.05) is 16.8 Å². The average Bonchev–Trinajstić information content (AvgIpc) is 2.79. The normalized spacial score (nSPS) is 11.2. The number of fused-ring (bicyclic) bond motifs is 1. The molecule has 21 heavy (non-hydrogen) atoms. The van der Waals surface area contributed by atoms with Gasteiger partial charge in [0.1, 0.15) is 5.82 Å². The molecule has 5 nitrogen and oxygen atoms in total. The zero-order chi connectivity index (χ0) is 15.0. The second-order valence-electron chi connectivity index (χ2n) is 5.19. The fraction of sp³-hybridized carbons (Fsp3) is 0.200. The van der Waals surface area contributed by atoms with Gasteiger partial charge >= 0.3 is 0 Å². The summed E-state index contributed by atoms with van der Waals surface area (Å²) < 4.78 is 1.07. The van der Waals surface area contributed by atoms with Gasteiger partial charge in [-0.15, -0.1) is 0 Å². The maximum Gasteiger partial charge on any atom is 0.181 e. The Morgan fingerprint density at radius 3 is 2.71 bits per heavy atom. The number of nitrogen functional groups attached to an aromatic ring is 2. The summed E-state index contributed by atoms with van der Waals surface area (Å²) in [6, 6.07) is 8.40. The number of pyridine rings is 1. The van der Waals surface area contributed by atoms with E-state index >= 15 is 0 Å². The van der Waals surface area contributed by atoms with Crippen LogP contribution in [0.15, 0.2) is 30.5 Å². The molecule has 1 aromatic carbocycles. The molecule has 0 radical (unpaired) electrons. The zero-order valence-electron chi connectivity index (χ0n) is 11.9. The van der Waals surface area contributed by atoms with E-state index < -0.39 is 0 Å². The summed E-state index contributed by atoms with van der Waals surface area (Å²) in [5.41, 5.74) is 15.5. The number of benzene rings is 1. The Labute approximate surface area is 127 Å². The summed E-state index contributed by atoms with van der Waals surface area (Å²) in [5.74, 6) is 0.510. The van der Waals surface area contributed by atoms with Crippen LogP contribution in [0.1, 0.15) is 13.8 Å². The van der Waals surface area contributed by atoms with Crippen LogP contribution in [-0.4, -0.2) is 16.0 Å². The number of nitrogens with zero attached hydrogens (tertiary/aromatic N) is 2. The van der Waals surface area contributed by atoms with Crippen LogP contribution < -0.4 is 16.8 Å².